The average molecular weight is 828 g/mol. The van der Waals surface area contributed by atoms with Crippen molar-refractivity contribution >= 4 is 19.8 Å². The number of carbonyl (C=O) groups is 2. The number of carbonyl (C=O) groups excluding carboxylic acids is 2. The second-order valence-electron chi connectivity index (χ2n) is 16.6. The molecule has 0 aromatic carbocycles. The van der Waals surface area contributed by atoms with Crippen LogP contribution in [0.3, 0.4) is 0 Å². The van der Waals surface area contributed by atoms with E-state index in [0.29, 0.717) is 30.3 Å². The summed E-state index contributed by atoms with van der Waals surface area (Å²) in [6.45, 7) is 4.00. The highest BCUT2D eigenvalue weighted by molar-refractivity contribution is 7.45. The Labute approximate surface area is 349 Å². The van der Waals surface area contributed by atoms with Crippen LogP contribution >= 0.6 is 7.82 Å². The van der Waals surface area contributed by atoms with E-state index in [-0.39, 0.29) is 26.1 Å². The number of rotatable bonds is 41. The fourth-order valence-corrected chi connectivity index (χ4v) is 6.92. The summed E-state index contributed by atoms with van der Waals surface area (Å²) in [5.41, 5.74) is 0. The number of unbranched alkanes of at least 4 members (excludes halogenated alkanes) is 20. The van der Waals surface area contributed by atoms with Crippen LogP contribution in [0, 0.1) is 0 Å². The molecule has 0 aliphatic heterocycles. The largest absolute Gasteiger partial charge is 0.756 e. The van der Waals surface area contributed by atoms with E-state index in [1.54, 1.807) is 0 Å². The molecule has 1 N–H and O–H groups in total. The van der Waals surface area contributed by atoms with Gasteiger partial charge in [-0.1, -0.05) is 179 Å². The number of allylic oxidation sites excluding steroid dienone is 5. The summed E-state index contributed by atoms with van der Waals surface area (Å²) >= 11 is 0. The van der Waals surface area contributed by atoms with Gasteiger partial charge in [-0.15, -0.1) is 0 Å². The van der Waals surface area contributed by atoms with Gasteiger partial charge in [-0.2, -0.15) is 0 Å². The van der Waals surface area contributed by atoms with E-state index >= 15 is 0 Å². The van der Waals surface area contributed by atoms with Crippen LogP contribution in [0.2, 0.25) is 0 Å². The van der Waals surface area contributed by atoms with Crippen LogP contribution in [0.5, 0.6) is 0 Å². The first-order valence-corrected chi connectivity index (χ1v) is 24.3. The van der Waals surface area contributed by atoms with E-state index in [2.05, 4.69) is 32.1 Å². The van der Waals surface area contributed by atoms with Crippen molar-refractivity contribution in [2.45, 2.75) is 199 Å². The van der Waals surface area contributed by atoms with E-state index in [4.69, 9.17) is 18.5 Å². The molecule has 0 spiro atoms. The lowest BCUT2D eigenvalue weighted by atomic mass is 10.0. The van der Waals surface area contributed by atoms with Gasteiger partial charge < -0.3 is 33.0 Å². The summed E-state index contributed by atoms with van der Waals surface area (Å²) in [6.07, 6.45) is 39.0. The van der Waals surface area contributed by atoms with Crippen molar-refractivity contribution in [2.24, 2.45) is 0 Å². The fourth-order valence-electron chi connectivity index (χ4n) is 6.19. The molecule has 10 nitrogen and oxygen atoms in total. The summed E-state index contributed by atoms with van der Waals surface area (Å²) < 4.78 is 33.9. The van der Waals surface area contributed by atoms with Crippen LogP contribution in [0.1, 0.15) is 187 Å². The molecule has 0 fully saturated rings. The van der Waals surface area contributed by atoms with Crippen LogP contribution in [-0.2, 0) is 32.7 Å². The summed E-state index contributed by atoms with van der Waals surface area (Å²) in [5.74, 6) is -0.906. The predicted octanol–water partition coefficient (Wildman–Crippen LogP) is 11.3. The molecule has 2 unspecified atom stereocenters. The molecule has 0 bridgehead atoms. The molecule has 0 aromatic heterocycles. The number of aliphatic hydroxyl groups is 1. The number of aliphatic hydroxyl groups excluding tert-OH is 1. The summed E-state index contributed by atoms with van der Waals surface area (Å²) in [6, 6.07) is 0. The van der Waals surface area contributed by atoms with Crippen molar-refractivity contribution < 1.29 is 47.2 Å². The third-order valence-electron chi connectivity index (χ3n) is 9.78. The molecular weight excluding hydrogens is 741 g/mol. The van der Waals surface area contributed by atoms with Gasteiger partial charge in [-0.05, 0) is 32.1 Å². The first kappa shape index (κ1) is 55.2. The lowest BCUT2D eigenvalue weighted by Gasteiger charge is -2.28. The monoisotopic (exact) mass is 828 g/mol. The standard InChI is InChI=1S/C46H86NO9P/c1-6-8-10-12-14-15-16-17-18-19-20-21-22-23-25-29-34-38-46(50)56-44(42-55-57(51,52)54-40-39-47(3,4)5)41-53-45(49)37-33-30-26-28-32-36-43(48)35-31-27-24-13-11-9-7-2/h9,11,24,27,31,35,43-44,48H,6-8,10,12-23,25-26,28-30,32-34,36-42H2,1-5H3/b11-9+,27-24+,35-31+/t43?,44-/m1/s1. The minimum atomic E-state index is -4.65. The fraction of sp³-hybridized carbons (Fsp3) is 0.826. The third kappa shape index (κ3) is 42.1. The van der Waals surface area contributed by atoms with Gasteiger partial charge in [-0.25, -0.2) is 0 Å². The number of hydrogen-bond acceptors (Lipinski definition) is 9. The molecule has 334 valence electrons. The van der Waals surface area contributed by atoms with Crippen molar-refractivity contribution in [1.82, 2.24) is 0 Å². The van der Waals surface area contributed by atoms with Crippen LogP contribution in [0.15, 0.2) is 36.5 Å². The Morgan fingerprint density at radius 3 is 1.68 bits per heavy atom. The number of hydrogen-bond donors (Lipinski definition) is 1. The maximum atomic E-state index is 12.7. The van der Waals surface area contributed by atoms with Gasteiger partial charge in [0.1, 0.15) is 19.8 Å². The number of esters is 2. The van der Waals surface area contributed by atoms with Crippen LogP contribution in [-0.4, -0.2) is 81.2 Å². The highest BCUT2D eigenvalue weighted by Gasteiger charge is 2.21. The Bertz CT molecular complexity index is 1090. The minimum absolute atomic E-state index is 0.0460. The molecule has 57 heavy (non-hydrogen) atoms. The molecule has 0 saturated carbocycles. The highest BCUT2D eigenvalue weighted by atomic mass is 31.2. The zero-order valence-corrected chi connectivity index (χ0v) is 38.0. The van der Waals surface area contributed by atoms with E-state index < -0.39 is 38.6 Å². The Hall–Kier alpha value is -1.81. The molecule has 0 radical (unpaired) electrons. The van der Waals surface area contributed by atoms with Crippen LogP contribution < -0.4 is 4.89 Å². The molecule has 0 aromatic rings. The zero-order valence-electron chi connectivity index (χ0n) is 37.1. The number of nitrogens with zero attached hydrogens (tertiary/aromatic N) is 1. The smallest absolute Gasteiger partial charge is 0.306 e. The van der Waals surface area contributed by atoms with Gasteiger partial charge in [0, 0.05) is 12.8 Å². The minimum Gasteiger partial charge on any atom is -0.756 e. The van der Waals surface area contributed by atoms with Gasteiger partial charge >= 0.3 is 11.9 Å². The van der Waals surface area contributed by atoms with Crippen molar-refractivity contribution in [1.29, 1.82) is 0 Å². The van der Waals surface area contributed by atoms with Gasteiger partial charge in [0.15, 0.2) is 6.10 Å². The first-order valence-electron chi connectivity index (χ1n) is 22.8. The van der Waals surface area contributed by atoms with E-state index in [1.807, 2.05) is 39.4 Å². The summed E-state index contributed by atoms with van der Waals surface area (Å²) in [7, 11) is 1.11. The number of ether oxygens (including phenoxy) is 2. The van der Waals surface area contributed by atoms with Crippen LogP contribution in [0.25, 0.3) is 0 Å². The van der Waals surface area contributed by atoms with Crippen molar-refractivity contribution in [3.8, 4) is 0 Å². The lowest BCUT2D eigenvalue weighted by molar-refractivity contribution is -0.870. The van der Waals surface area contributed by atoms with E-state index in [9.17, 15) is 24.2 Å². The highest BCUT2D eigenvalue weighted by Crippen LogP contribution is 2.38. The molecule has 0 saturated heterocycles. The summed E-state index contributed by atoms with van der Waals surface area (Å²) in [4.78, 5) is 37.6. The second kappa shape index (κ2) is 38.4. The van der Waals surface area contributed by atoms with Crippen molar-refractivity contribution in [2.75, 3.05) is 47.5 Å². The molecule has 0 aliphatic rings. The Morgan fingerprint density at radius 2 is 1.16 bits per heavy atom. The number of quaternary nitrogens is 1. The number of likely N-dealkylation sites (N-methyl/N-ethyl adjacent to an activating group) is 1. The Morgan fingerprint density at radius 1 is 0.649 bits per heavy atom. The van der Waals surface area contributed by atoms with E-state index in [1.165, 1.54) is 83.5 Å². The zero-order chi connectivity index (χ0) is 42.3. The predicted molar refractivity (Wildman–Crippen MR) is 233 cm³/mol. The second-order valence-corrected chi connectivity index (χ2v) is 18.0. The first-order chi connectivity index (χ1) is 27.4. The molecule has 3 atom stereocenters. The molecule has 0 heterocycles. The van der Waals surface area contributed by atoms with Gasteiger partial charge in [0.05, 0.1) is 33.9 Å². The van der Waals surface area contributed by atoms with Crippen LogP contribution in [0.4, 0.5) is 0 Å². The molecule has 0 amide bonds. The van der Waals surface area contributed by atoms with E-state index in [0.717, 1.165) is 57.8 Å². The number of phosphoric acid groups is 1. The van der Waals surface area contributed by atoms with Crippen molar-refractivity contribution in [3.63, 3.8) is 0 Å². The Kier molecular flexibility index (Phi) is 37.2. The summed E-state index contributed by atoms with van der Waals surface area (Å²) in [5, 5.41) is 10.1. The average Bonchev–Trinajstić information content (AvgIpc) is 3.15. The Balaban J connectivity index is 4.39. The topological polar surface area (TPSA) is 131 Å². The van der Waals surface area contributed by atoms with Gasteiger partial charge in [0.25, 0.3) is 7.82 Å². The van der Waals surface area contributed by atoms with Gasteiger partial charge in [0.2, 0.25) is 0 Å². The SMILES string of the molecule is CC/C=C/C/C=C/C=C/C(O)CCCCCCCC(=O)OC[C@H](COP(=O)([O-])OCC[N+](C)(C)C)OC(=O)CCCCCCCCCCCCCCCCCCC. The molecule has 0 rings (SSSR count). The molecule has 11 heteroatoms. The lowest BCUT2D eigenvalue weighted by Crippen LogP contribution is -2.37. The molecule has 0 aliphatic carbocycles. The third-order valence-corrected chi connectivity index (χ3v) is 10.7. The molecular formula is C46H86NO9P. The van der Waals surface area contributed by atoms with Crippen molar-refractivity contribution in [3.05, 3.63) is 36.5 Å². The maximum absolute atomic E-state index is 12.7. The normalized spacial score (nSPS) is 14.4. The number of phosphoric ester groups is 1. The quantitative estimate of drug-likeness (QED) is 0.0160. The maximum Gasteiger partial charge on any atom is 0.306 e. The van der Waals surface area contributed by atoms with Gasteiger partial charge in [-0.3, -0.25) is 14.2 Å².